The average Bonchev–Trinajstić information content (AvgIpc) is 3.37. The molecule has 1 saturated heterocycles. The van der Waals surface area contributed by atoms with E-state index in [0.717, 1.165) is 54.9 Å². The minimum Gasteiger partial charge on any atom is -0.437 e. The molecule has 5 aromatic rings. The van der Waals surface area contributed by atoms with Crippen molar-refractivity contribution in [2.45, 2.75) is 13.5 Å². The lowest BCUT2D eigenvalue weighted by molar-refractivity contribution is 0.102. The van der Waals surface area contributed by atoms with Crippen molar-refractivity contribution < 1.29 is 9.53 Å². The standard InChI is InChI=1S/C32H32ClN7O2/c1-21-17-24(7-6-23(21)20-40-15-13-38(2)14-16-40)35-31(41)26-18-25(8-9-27(26)33)42-32-29-28(10-12-39(29)3)36-30(37-32)22-5-4-11-34-19-22/h4-12,17-19H,13-16,20H2,1-3H3,(H,35,41). The monoisotopic (exact) mass is 581 g/mol. The Hall–Kier alpha value is -4.31. The molecule has 2 aromatic carbocycles. The minimum absolute atomic E-state index is 0.304. The Morgan fingerprint density at radius 1 is 1.02 bits per heavy atom. The number of benzene rings is 2. The molecule has 1 aliphatic rings. The van der Waals surface area contributed by atoms with Gasteiger partial charge in [-0.05, 0) is 73.6 Å². The molecule has 214 valence electrons. The van der Waals surface area contributed by atoms with E-state index in [4.69, 9.17) is 21.3 Å². The first-order valence-corrected chi connectivity index (χ1v) is 14.2. The number of rotatable bonds is 7. The second kappa shape index (κ2) is 11.9. The van der Waals surface area contributed by atoms with Crippen LogP contribution in [0.2, 0.25) is 5.02 Å². The molecule has 1 aliphatic heterocycles. The van der Waals surface area contributed by atoms with Crippen LogP contribution < -0.4 is 10.1 Å². The summed E-state index contributed by atoms with van der Waals surface area (Å²) in [6.07, 6.45) is 5.31. The van der Waals surface area contributed by atoms with E-state index in [1.807, 2.05) is 48.1 Å². The summed E-state index contributed by atoms with van der Waals surface area (Å²) in [4.78, 5) is 31.7. The van der Waals surface area contributed by atoms with Gasteiger partial charge in [-0.25, -0.2) is 4.98 Å². The van der Waals surface area contributed by atoms with Gasteiger partial charge in [-0.1, -0.05) is 17.7 Å². The number of fused-ring (bicyclic) bond motifs is 1. The average molecular weight is 582 g/mol. The molecule has 0 atom stereocenters. The van der Waals surface area contributed by atoms with E-state index in [2.05, 4.69) is 45.1 Å². The summed E-state index contributed by atoms with van der Waals surface area (Å²) in [5.41, 5.74) is 5.65. The van der Waals surface area contributed by atoms with Crippen molar-refractivity contribution in [3.63, 3.8) is 0 Å². The maximum Gasteiger partial charge on any atom is 0.257 e. The number of hydrogen-bond acceptors (Lipinski definition) is 7. The molecule has 1 fully saturated rings. The Morgan fingerprint density at radius 2 is 1.86 bits per heavy atom. The Morgan fingerprint density at radius 3 is 2.62 bits per heavy atom. The zero-order chi connectivity index (χ0) is 29.2. The number of amides is 1. The molecule has 3 aromatic heterocycles. The topological polar surface area (TPSA) is 88.4 Å². The van der Waals surface area contributed by atoms with Crippen LogP contribution in [0.3, 0.4) is 0 Å². The van der Waals surface area contributed by atoms with Crippen LogP contribution in [0.25, 0.3) is 22.4 Å². The molecule has 1 amide bonds. The van der Waals surface area contributed by atoms with Gasteiger partial charge in [0, 0.05) is 69.6 Å². The largest absolute Gasteiger partial charge is 0.437 e. The number of nitrogens with one attached hydrogen (secondary N) is 1. The Kier molecular flexibility index (Phi) is 7.88. The van der Waals surface area contributed by atoms with Gasteiger partial charge in [-0.3, -0.25) is 14.7 Å². The van der Waals surface area contributed by atoms with Gasteiger partial charge in [0.05, 0.1) is 16.1 Å². The van der Waals surface area contributed by atoms with Crippen LogP contribution in [0.4, 0.5) is 5.69 Å². The fraction of sp³-hybridized carbons (Fsp3) is 0.250. The molecule has 10 heteroatoms. The molecule has 4 heterocycles. The summed E-state index contributed by atoms with van der Waals surface area (Å²) in [7, 11) is 4.06. The first-order valence-electron chi connectivity index (χ1n) is 13.9. The number of carbonyl (C=O) groups is 1. The molecule has 0 radical (unpaired) electrons. The number of carbonyl (C=O) groups excluding carboxylic acids is 1. The lowest BCUT2D eigenvalue weighted by atomic mass is 10.1. The molecule has 0 bridgehead atoms. The lowest BCUT2D eigenvalue weighted by Gasteiger charge is -2.32. The maximum absolute atomic E-state index is 13.3. The van der Waals surface area contributed by atoms with E-state index < -0.39 is 0 Å². The second-order valence-electron chi connectivity index (χ2n) is 10.7. The van der Waals surface area contributed by atoms with Crippen LogP contribution in [-0.2, 0) is 13.6 Å². The van der Waals surface area contributed by atoms with Crippen molar-refractivity contribution >= 4 is 34.2 Å². The highest BCUT2D eigenvalue weighted by molar-refractivity contribution is 6.34. The SMILES string of the molecule is Cc1cc(NC(=O)c2cc(Oc3nc(-c4cccnc4)nc4ccn(C)c34)ccc2Cl)ccc1CN1CCN(C)CC1. The highest BCUT2D eigenvalue weighted by Gasteiger charge is 2.18. The molecule has 0 spiro atoms. The first kappa shape index (κ1) is 27.8. The number of hydrogen-bond donors (Lipinski definition) is 1. The van der Waals surface area contributed by atoms with Gasteiger partial charge in [0.25, 0.3) is 5.91 Å². The van der Waals surface area contributed by atoms with Crippen molar-refractivity contribution in [2.24, 2.45) is 7.05 Å². The molecular formula is C32H32ClN7O2. The lowest BCUT2D eigenvalue weighted by Crippen LogP contribution is -2.43. The summed E-state index contributed by atoms with van der Waals surface area (Å²) in [6.45, 7) is 7.25. The third kappa shape index (κ3) is 5.99. The van der Waals surface area contributed by atoms with Crippen LogP contribution >= 0.6 is 11.6 Å². The molecule has 0 unspecified atom stereocenters. The number of likely N-dealkylation sites (N-methyl/N-ethyl adjacent to an activating group) is 1. The van der Waals surface area contributed by atoms with Gasteiger partial charge in [0.15, 0.2) is 5.82 Å². The molecule has 0 saturated carbocycles. The molecule has 42 heavy (non-hydrogen) atoms. The zero-order valence-electron chi connectivity index (χ0n) is 23.8. The smallest absolute Gasteiger partial charge is 0.257 e. The van der Waals surface area contributed by atoms with Gasteiger partial charge in [-0.15, -0.1) is 0 Å². The van der Waals surface area contributed by atoms with Crippen molar-refractivity contribution in [3.05, 3.63) is 94.9 Å². The number of aryl methyl sites for hydroxylation is 2. The summed E-state index contributed by atoms with van der Waals surface area (Å²) in [5.74, 6) is 0.975. The Labute approximate surface area is 249 Å². The third-order valence-electron chi connectivity index (χ3n) is 7.59. The van der Waals surface area contributed by atoms with Gasteiger partial charge < -0.3 is 19.5 Å². The highest BCUT2D eigenvalue weighted by Crippen LogP contribution is 2.32. The van der Waals surface area contributed by atoms with Crippen LogP contribution in [0.1, 0.15) is 21.5 Å². The van der Waals surface area contributed by atoms with E-state index in [-0.39, 0.29) is 5.91 Å². The third-order valence-corrected chi connectivity index (χ3v) is 7.92. The molecule has 9 nitrogen and oxygen atoms in total. The van der Waals surface area contributed by atoms with Gasteiger partial charge in [0.1, 0.15) is 11.3 Å². The predicted octanol–water partition coefficient (Wildman–Crippen LogP) is 5.78. The van der Waals surface area contributed by atoms with E-state index in [0.29, 0.717) is 33.7 Å². The normalized spacial score (nSPS) is 14.3. The number of piperazine rings is 1. The summed E-state index contributed by atoms with van der Waals surface area (Å²) in [5, 5.41) is 3.32. The summed E-state index contributed by atoms with van der Waals surface area (Å²) < 4.78 is 8.16. The Bertz CT molecular complexity index is 1750. The Balaban J connectivity index is 1.22. The van der Waals surface area contributed by atoms with Crippen molar-refractivity contribution in [1.82, 2.24) is 29.3 Å². The van der Waals surface area contributed by atoms with Crippen LogP contribution in [-0.4, -0.2) is 68.5 Å². The summed E-state index contributed by atoms with van der Waals surface area (Å²) in [6, 6.07) is 16.7. The van der Waals surface area contributed by atoms with Gasteiger partial charge in [0.2, 0.25) is 5.88 Å². The first-order chi connectivity index (χ1) is 20.3. The quantitative estimate of drug-likeness (QED) is 0.260. The number of anilines is 1. The van der Waals surface area contributed by atoms with Crippen LogP contribution in [0.5, 0.6) is 11.6 Å². The summed E-state index contributed by atoms with van der Waals surface area (Å²) >= 11 is 6.48. The van der Waals surface area contributed by atoms with E-state index in [1.165, 1.54) is 5.56 Å². The number of pyridine rings is 1. The fourth-order valence-electron chi connectivity index (χ4n) is 5.10. The zero-order valence-corrected chi connectivity index (χ0v) is 24.6. The van der Waals surface area contributed by atoms with E-state index >= 15 is 0 Å². The van der Waals surface area contributed by atoms with Gasteiger partial charge in [-0.2, -0.15) is 4.98 Å². The number of aromatic nitrogens is 4. The van der Waals surface area contributed by atoms with Crippen molar-refractivity contribution in [1.29, 1.82) is 0 Å². The maximum atomic E-state index is 13.3. The predicted molar refractivity (Wildman–Crippen MR) is 165 cm³/mol. The fourth-order valence-corrected chi connectivity index (χ4v) is 5.30. The number of ether oxygens (including phenoxy) is 1. The molecule has 6 rings (SSSR count). The molecular weight excluding hydrogens is 550 g/mol. The highest BCUT2D eigenvalue weighted by atomic mass is 35.5. The molecule has 0 aliphatic carbocycles. The van der Waals surface area contributed by atoms with Gasteiger partial charge >= 0.3 is 0 Å². The molecule has 1 N–H and O–H groups in total. The van der Waals surface area contributed by atoms with E-state index in [1.54, 1.807) is 30.6 Å². The number of nitrogens with zero attached hydrogens (tertiary/aromatic N) is 6. The van der Waals surface area contributed by atoms with Crippen LogP contribution in [0.15, 0.2) is 73.2 Å². The number of halogens is 1. The van der Waals surface area contributed by atoms with Crippen LogP contribution in [0, 0.1) is 6.92 Å². The van der Waals surface area contributed by atoms with Crippen molar-refractivity contribution in [3.8, 4) is 23.0 Å². The van der Waals surface area contributed by atoms with E-state index in [9.17, 15) is 4.79 Å². The van der Waals surface area contributed by atoms with Crippen molar-refractivity contribution in [2.75, 3.05) is 38.5 Å². The second-order valence-corrected chi connectivity index (χ2v) is 11.1. The minimum atomic E-state index is -0.320.